The molecular formula is C34H62O8. The Labute approximate surface area is 255 Å². The number of esters is 2. The molecule has 4 N–H and O–H groups in total. The fourth-order valence-corrected chi connectivity index (χ4v) is 5.04. The fraction of sp³-hybridized carbons (Fsp3) is 0.824. The quantitative estimate of drug-likeness (QED) is 0.0873. The summed E-state index contributed by atoms with van der Waals surface area (Å²) in [6.07, 6.45) is 9.62. The second-order valence-corrected chi connectivity index (χ2v) is 14.0. The predicted molar refractivity (Wildman–Crippen MR) is 168 cm³/mol. The van der Waals surface area contributed by atoms with Gasteiger partial charge in [0.1, 0.15) is 12.2 Å². The molecule has 0 heterocycles. The van der Waals surface area contributed by atoms with E-state index in [1.54, 1.807) is 41.5 Å². The summed E-state index contributed by atoms with van der Waals surface area (Å²) in [6.45, 7) is 17.1. The van der Waals surface area contributed by atoms with Gasteiger partial charge in [0.05, 0.1) is 22.4 Å². The largest absolute Gasteiger partial charge is 0.460 e. The van der Waals surface area contributed by atoms with Gasteiger partial charge in [0.15, 0.2) is 0 Å². The Morgan fingerprint density at radius 3 is 1.17 bits per heavy atom. The summed E-state index contributed by atoms with van der Waals surface area (Å²) in [7, 11) is 0. The number of hydrogen-bond acceptors (Lipinski definition) is 8. The zero-order valence-corrected chi connectivity index (χ0v) is 28.2. The van der Waals surface area contributed by atoms with E-state index < -0.39 is 46.6 Å². The topological polar surface area (TPSA) is 134 Å². The summed E-state index contributed by atoms with van der Waals surface area (Å²) in [5.74, 6) is -1.03. The van der Waals surface area contributed by atoms with E-state index in [2.05, 4.69) is 12.2 Å². The third kappa shape index (κ3) is 20.2. The molecule has 0 fully saturated rings. The minimum absolute atomic E-state index is 0.209. The maximum absolute atomic E-state index is 11.9. The van der Waals surface area contributed by atoms with Gasteiger partial charge >= 0.3 is 11.9 Å². The SMILES string of the molecule is CC(=O)O[C@@H](CC[C@H](OC(C)=O)[C@](C)(O)CC/C=C(\C)CCCC(C)(C)O)[C@](C)(O)CC/C=C(\C)CCCC(C)(C)O. The van der Waals surface area contributed by atoms with Gasteiger partial charge in [-0.2, -0.15) is 0 Å². The average Bonchev–Trinajstić information content (AvgIpc) is 2.78. The van der Waals surface area contributed by atoms with Crippen LogP contribution in [0.4, 0.5) is 0 Å². The zero-order valence-electron chi connectivity index (χ0n) is 28.2. The normalized spacial score (nSPS) is 17.7. The smallest absolute Gasteiger partial charge is 0.303 e. The number of aliphatic hydroxyl groups is 4. The van der Waals surface area contributed by atoms with Crippen molar-refractivity contribution in [3.05, 3.63) is 23.3 Å². The Morgan fingerprint density at radius 1 is 0.595 bits per heavy atom. The van der Waals surface area contributed by atoms with E-state index in [1.807, 2.05) is 13.8 Å². The molecule has 0 saturated heterocycles. The van der Waals surface area contributed by atoms with E-state index in [-0.39, 0.29) is 12.8 Å². The van der Waals surface area contributed by atoms with Crippen molar-refractivity contribution in [2.75, 3.05) is 0 Å². The van der Waals surface area contributed by atoms with Gasteiger partial charge in [-0.1, -0.05) is 23.3 Å². The maximum Gasteiger partial charge on any atom is 0.303 e. The number of rotatable bonds is 21. The number of carbonyl (C=O) groups excluding carboxylic acids is 2. The molecule has 0 amide bonds. The van der Waals surface area contributed by atoms with E-state index in [0.717, 1.165) is 25.7 Å². The average molecular weight is 599 g/mol. The lowest BCUT2D eigenvalue weighted by Crippen LogP contribution is -2.46. The van der Waals surface area contributed by atoms with Crippen molar-refractivity contribution >= 4 is 11.9 Å². The molecule has 4 atom stereocenters. The molecular weight excluding hydrogens is 536 g/mol. The molecule has 0 aromatic heterocycles. The zero-order chi connectivity index (χ0) is 32.8. The fourth-order valence-electron chi connectivity index (χ4n) is 5.04. The first-order valence-corrected chi connectivity index (χ1v) is 15.6. The monoisotopic (exact) mass is 598 g/mol. The van der Waals surface area contributed by atoms with Crippen LogP contribution in [-0.2, 0) is 19.1 Å². The van der Waals surface area contributed by atoms with E-state index in [9.17, 15) is 30.0 Å². The van der Waals surface area contributed by atoms with E-state index >= 15 is 0 Å². The van der Waals surface area contributed by atoms with Crippen molar-refractivity contribution in [1.29, 1.82) is 0 Å². The van der Waals surface area contributed by atoms with Crippen molar-refractivity contribution in [3.8, 4) is 0 Å². The first kappa shape index (κ1) is 40.3. The summed E-state index contributed by atoms with van der Waals surface area (Å²) in [4.78, 5) is 23.8. The number of carbonyl (C=O) groups is 2. The number of ether oxygens (including phenoxy) is 2. The summed E-state index contributed by atoms with van der Waals surface area (Å²) >= 11 is 0. The van der Waals surface area contributed by atoms with E-state index in [1.165, 1.54) is 25.0 Å². The van der Waals surface area contributed by atoms with Gasteiger partial charge in [0.25, 0.3) is 0 Å². The Balaban J connectivity index is 5.31. The van der Waals surface area contributed by atoms with E-state index in [4.69, 9.17) is 9.47 Å². The third-order valence-corrected chi connectivity index (χ3v) is 7.70. The predicted octanol–water partition coefficient (Wildman–Crippen LogP) is 6.47. The molecule has 0 unspecified atom stereocenters. The van der Waals surface area contributed by atoms with Crippen LogP contribution in [0.2, 0.25) is 0 Å². The molecule has 0 radical (unpaired) electrons. The summed E-state index contributed by atoms with van der Waals surface area (Å²) in [5.41, 5.74) is -1.69. The molecule has 246 valence electrons. The second-order valence-electron chi connectivity index (χ2n) is 14.0. The molecule has 0 bridgehead atoms. The van der Waals surface area contributed by atoms with Gasteiger partial charge in [-0.3, -0.25) is 9.59 Å². The van der Waals surface area contributed by atoms with Gasteiger partial charge in [-0.15, -0.1) is 0 Å². The third-order valence-electron chi connectivity index (χ3n) is 7.70. The van der Waals surface area contributed by atoms with Gasteiger partial charge in [0, 0.05) is 13.8 Å². The highest BCUT2D eigenvalue weighted by Gasteiger charge is 2.39. The van der Waals surface area contributed by atoms with Crippen LogP contribution in [0.5, 0.6) is 0 Å². The second kappa shape index (κ2) is 18.2. The Kier molecular flexibility index (Phi) is 17.4. The van der Waals surface area contributed by atoms with Crippen molar-refractivity contribution < 1.29 is 39.5 Å². The van der Waals surface area contributed by atoms with Crippen LogP contribution in [0.25, 0.3) is 0 Å². The number of hydrogen-bond donors (Lipinski definition) is 4. The van der Waals surface area contributed by atoms with Crippen molar-refractivity contribution in [3.63, 3.8) is 0 Å². The van der Waals surface area contributed by atoms with Crippen LogP contribution in [0, 0.1) is 0 Å². The lowest BCUT2D eigenvalue weighted by atomic mass is 9.85. The van der Waals surface area contributed by atoms with Crippen molar-refractivity contribution in [2.45, 2.75) is 181 Å². The van der Waals surface area contributed by atoms with E-state index in [0.29, 0.717) is 38.5 Å². The van der Waals surface area contributed by atoms with Gasteiger partial charge in [0.2, 0.25) is 0 Å². The minimum Gasteiger partial charge on any atom is -0.460 e. The first-order valence-electron chi connectivity index (χ1n) is 15.6. The molecule has 0 aromatic carbocycles. The summed E-state index contributed by atoms with van der Waals surface area (Å²) in [6, 6.07) is 0. The molecule has 8 nitrogen and oxygen atoms in total. The van der Waals surface area contributed by atoms with Crippen LogP contribution in [0.15, 0.2) is 23.3 Å². The van der Waals surface area contributed by atoms with Gasteiger partial charge in [-0.05, 0) is 132 Å². The minimum atomic E-state index is -1.33. The highest BCUT2D eigenvalue weighted by molar-refractivity contribution is 5.66. The number of allylic oxidation sites excluding steroid dienone is 4. The standard InChI is InChI=1S/C34H62O8/c1-25(15-11-21-31(5,6)37)17-13-23-33(9,39)29(41-27(3)35)19-20-30(42-28(4)36)34(10,40)24-14-18-26(2)16-12-22-32(7,8)38/h17-18,29-30,37-40H,11-16,19-24H2,1-10H3/b25-17+,26-18+/t29-,30-,33+,34+/m0/s1. The molecule has 0 aromatic rings. The van der Waals surface area contributed by atoms with Crippen LogP contribution >= 0.6 is 0 Å². The molecule has 42 heavy (non-hydrogen) atoms. The van der Waals surface area contributed by atoms with Crippen LogP contribution in [0.3, 0.4) is 0 Å². The summed E-state index contributed by atoms with van der Waals surface area (Å²) < 4.78 is 11.1. The Morgan fingerprint density at radius 2 is 0.905 bits per heavy atom. The maximum atomic E-state index is 11.9. The molecule has 0 aliphatic carbocycles. The van der Waals surface area contributed by atoms with Gasteiger partial charge < -0.3 is 29.9 Å². The molecule has 0 rings (SSSR count). The van der Waals surface area contributed by atoms with Crippen molar-refractivity contribution in [2.24, 2.45) is 0 Å². The molecule has 0 spiro atoms. The molecule has 0 aliphatic rings. The Hall–Kier alpha value is -1.74. The van der Waals surface area contributed by atoms with Crippen LogP contribution < -0.4 is 0 Å². The van der Waals surface area contributed by atoms with Crippen LogP contribution in [-0.4, -0.2) is 67.0 Å². The molecule has 0 saturated carbocycles. The lowest BCUT2D eigenvalue weighted by molar-refractivity contribution is -0.171. The summed E-state index contributed by atoms with van der Waals surface area (Å²) in [5, 5.41) is 42.4. The molecule has 0 aliphatic heterocycles. The highest BCUT2D eigenvalue weighted by Crippen LogP contribution is 2.30. The van der Waals surface area contributed by atoms with Crippen molar-refractivity contribution in [1.82, 2.24) is 0 Å². The molecule has 8 heteroatoms. The highest BCUT2D eigenvalue weighted by atomic mass is 16.6. The Bertz CT molecular complexity index is 799. The van der Waals surface area contributed by atoms with Crippen LogP contribution in [0.1, 0.15) is 146 Å². The first-order chi connectivity index (χ1) is 19.0. The lowest BCUT2D eigenvalue weighted by Gasteiger charge is -2.36. The van der Waals surface area contributed by atoms with Gasteiger partial charge in [-0.25, -0.2) is 0 Å².